The van der Waals surface area contributed by atoms with Crippen molar-refractivity contribution in [3.63, 3.8) is 0 Å². The Bertz CT molecular complexity index is 1060. The maximum atomic E-state index is 13.3. The highest BCUT2D eigenvalue weighted by molar-refractivity contribution is 7.98. The van der Waals surface area contributed by atoms with E-state index in [2.05, 4.69) is 31.2 Å². The Morgan fingerprint density at radius 2 is 1.02 bits per heavy atom. The second-order valence-electron chi connectivity index (χ2n) is 11.0. The topological polar surface area (TPSA) is 142 Å². The summed E-state index contributed by atoms with van der Waals surface area (Å²) in [5.41, 5.74) is -0.585. The molecule has 2 atom stereocenters. The van der Waals surface area contributed by atoms with Crippen LogP contribution in [0.3, 0.4) is 0 Å². The molecule has 0 spiro atoms. The fraction of sp³-hybridized carbons (Fsp3) is 0.517. The first kappa shape index (κ1) is 34.1. The molecule has 0 radical (unpaired) electrons. The smallest absolute Gasteiger partial charge is 0.252 e. The van der Waals surface area contributed by atoms with Gasteiger partial charge in [-0.15, -0.1) is 0 Å². The molecular formula is C29H42N6O4S2. The number of rotatable bonds is 16. The van der Waals surface area contributed by atoms with Gasteiger partial charge in [0.1, 0.15) is 12.1 Å². The second-order valence-corrected chi connectivity index (χ2v) is 13.0. The Morgan fingerprint density at radius 1 is 0.683 bits per heavy atom. The molecule has 0 aliphatic carbocycles. The maximum absolute atomic E-state index is 13.3. The first-order valence-electron chi connectivity index (χ1n) is 13.4. The van der Waals surface area contributed by atoms with Gasteiger partial charge in [0.25, 0.3) is 11.8 Å². The van der Waals surface area contributed by atoms with Crippen molar-refractivity contribution in [1.29, 1.82) is 0 Å². The lowest BCUT2D eigenvalue weighted by Gasteiger charge is -2.38. The summed E-state index contributed by atoms with van der Waals surface area (Å²) in [5, 5.41) is 11.8. The molecule has 0 aliphatic heterocycles. The summed E-state index contributed by atoms with van der Waals surface area (Å²) in [6.45, 7) is 7.52. The van der Waals surface area contributed by atoms with E-state index in [0.717, 1.165) is 0 Å². The molecule has 0 fully saturated rings. The average molecular weight is 603 g/mol. The summed E-state index contributed by atoms with van der Waals surface area (Å²) in [5.74, 6) is 0.110. The number of hydrogen-bond acceptors (Lipinski definition) is 8. The van der Waals surface area contributed by atoms with Crippen molar-refractivity contribution in [3.05, 3.63) is 60.2 Å². The molecule has 41 heavy (non-hydrogen) atoms. The van der Waals surface area contributed by atoms with Crippen LogP contribution >= 0.6 is 23.5 Å². The van der Waals surface area contributed by atoms with E-state index in [4.69, 9.17) is 0 Å². The Hall–Kier alpha value is -3.12. The number of nitrogens with zero attached hydrogens (tertiary/aromatic N) is 2. The molecule has 224 valence electrons. The van der Waals surface area contributed by atoms with Gasteiger partial charge in [0.05, 0.1) is 0 Å². The molecule has 0 saturated carbocycles. The molecule has 12 heteroatoms. The number of carbonyl (C=O) groups excluding carboxylic acids is 4. The van der Waals surface area contributed by atoms with Crippen LogP contribution in [0.4, 0.5) is 0 Å². The van der Waals surface area contributed by atoms with E-state index in [9.17, 15) is 19.2 Å². The van der Waals surface area contributed by atoms with E-state index < -0.39 is 23.2 Å². The van der Waals surface area contributed by atoms with Crippen LogP contribution in [0.2, 0.25) is 0 Å². The Balaban J connectivity index is 2.06. The number of amides is 4. The van der Waals surface area contributed by atoms with Crippen molar-refractivity contribution in [3.8, 4) is 0 Å². The summed E-state index contributed by atoms with van der Waals surface area (Å²) in [6.07, 6.45) is 11.3. The Labute approximate surface area is 251 Å². The third-order valence-electron chi connectivity index (χ3n) is 6.16. The van der Waals surface area contributed by atoms with Crippen molar-refractivity contribution in [1.82, 2.24) is 31.2 Å². The van der Waals surface area contributed by atoms with E-state index >= 15 is 0 Å². The standard InChI is InChI=1S/C29H42N6O4S2/c1-28(2,34-26(38)22(11-17-40-5)32-24(36)20-7-13-30-14-8-20)19-29(3,4)35-27(39)23(12-18-41-6)33-25(37)21-9-15-31-16-10-21/h7-10,13-16,22-23H,11-12,17-19H2,1-6H3,(H,32,36)(H,33,37)(H,34,38)(H,35,39). The van der Waals surface area contributed by atoms with Crippen molar-refractivity contribution >= 4 is 47.2 Å². The van der Waals surface area contributed by atoms with E-state index in [1.807, 2.05) is 40.2 Å². The van der Waals surface area contributed by atoms with Crippen molar-refractivity contribution < 1.29 is 19.2 Å². The number of hydrogen-bond donors (Lipinski definition) is 4. The van der Waals surface area contributed by atoms with Crippen LogP contribution in [0.5, 0.6) is 0 Å². The number of nitrogens with one attached hydrogen (secondary N) is 4. The monoisotopic (exact) mass is 602 g/mol. The van der Waals surface area contributed by atoms with E-state index in [0.29, 0.717) is 41.9 Å². The summed E-state index contributed by atoms with van der Waals surface area (Å²) in [4.78, 5) is 60.0. The quantitative estimate of drug-likeness (QED) is 0.230. The SMILES string of the molecule is CSCCC(NC(=O)c1ccncc1)C(=O)NC(C)(C)CC(C)(C)NC(=O)C(CCSC)NC(=O)c1ccncc1. The van der Waals surface area contributed by atoms with Crippen LogP contribution in [0.1, 0.15) is 67.7 Å². The van der Waals surface area contributed by atoms with Gasteiger partial charge in [-0.2, -0.15) is 23.5 Å². The number of pyridine rings is 2. The van der Waals surface area contributed by atoms with Gasteiger partial charge in [-0.25, -0.2) is 0 Å². The third kappa shape index (κ3) is 12.1. The lowest BCUT2D eigenvalue weighted by Crippen LogP contribution is -2.59. The van der Waals surface area contributed by atoms with Crippen LogP contribution in [-0.4, -0.2) is 80.8 Å². The minimum absolute atomic E-state index is 0.295. The molecule has 2 heterocycles. The predicted octanol–water partition coefficient (Wildman–Crippen LogP) is 3.06. The summed E-state index contributed by atoms with van der Waals surface area (Å²) in [6, 6.07) is 4.94. The zero-order valence-electron chi connectivity index (χ0n) is 24.7. The van der Waals surface area contributed by atoms with Crippen molar-refractivity contribution in [2.24, 2.45) is 0 Å². The van der Waals surface area contributed by atoms with Gasteiger partial charge in [0.2, 0.25) is 11.8 Å². The predicted molar refractivity (Wildman–Crippen MR) is 166 cm³/mol. The average Bonchev–Trinajstić information content (AvgIpc) is 2.92. The largest absolute Gasteiger partial charge is 0.349 e. The minimum Gasteiger partial charge on any atom is -0.349 e. The van der Waals surface area contributed by atoms with Crippen LogP contribution in [-0.2, 0) is 9.59 Å². The summed E-state index contributed by atoms with van der Waals surface area (Å²) in [7, 11) is 0. The van der Waals surface area contributed by atoms with Gasteiger partial charge >= 0.3 is 0 Å². The van der Waals surface area contributed by atoms with Crippen LogP contribution in [0.15, 0.2) is 49.1 Å². The van der Waals surface area contributed by atoms with Gasteiger partial charge in [-0.1, -0.05) is 0 Å². The molecule has 0 aliphatic rings. The van der Waals surface area contributed by atoms with E-state index in [1.165, 1.54) is 24.8 Å². The van der Waals surface area contributed by atoms with Gasteiger partial charge < -0.3 is 21.3 Å². The molecule has 2 rings (SSSR count). The first-order valence-corrected chi connectivity index (χ1v) is 16.2. The van der Waals surface area contributed by atoms with Gasteiger partial charge in [0.15, 0.2) is 0 Å². The first-order chi connectivity index (χ1) is 19.4. The Kier molecular flexibility index (Phi) is 13.6. The lowest BCUT2D eigenvalue weighted by atomic mass is 9.86. The molecule has 4 amide bonds. The normalized spacial score (nSPS) is 13.0. The third-order valence-corrected chi connectivity index (χ3v) is 7.44. The number of carbonyl (C=O) groups is 4. The molecule has 2 unspecified atom stereocenters. The summed E-state index contributed by atoms with van der Waals surface area (Å²) >= 11 is 3.19. The lowest BCUT2D eigenvalue weighted by molar-refractivity contribution is -0.125. The van der Waals surface area contributed by atoms with E-state index in [1.54, 1.807) is 47.8 Å². The zero-order valence-corrected chi connectivity index (χ0v) is 26.3. The summed E-state index contributed by atoms with van der Waals surface area (Å²) < 4.78 is 0. The molecule has 0 saturated heterocycles. The fourth-order valence-electron chi connectivity index (χ4n) is 4.53. The van der Waals surface area contributed by atoms with E-state index in [-0.39, 0.29) is 23.6 Å². The molecular weight excluding hydrogens is 560 g/mol. The maximum Gasteiger partial charge on any atom is 0.252 e. The van der Waals surface area contributed by atoms with Gasteiger partial charge in [-0.05, 0) is 95.2 Å². The van der Waals surface area contributed by atoms with Crippen molar-refractivity contribution in [2.45, 2.75) is 70.1 Å². The van der Waals surface area contributed by atoms with Gasteiger partial charge in [-0.3, -0.25) is 29.1 Å². The van der Waals surface area contributed by atoms with Gasteiger partial charge in [0, 0.05) is 47.0 Å². The fourth-order valence-corrected chi connectivity index (χ4v) is 5.48. The number of aromatic nitrogens is 2. The highest BCUT2D eigenvalue weighted by Crippen LogP contribution is 2.21. The number of thioether (sulfide) groups is 2. The molecule has 2 aromatic heterocycles. The molecule has 2 aromatic rings. The second kappa shape index (κ2) is 16.4. The highest BCUT2D eigenvalue weighted by atomic mass is 32.2. The van der Waals surface area contributed by atoms with Crippen LogP contribution in [0, 0.1) is 0 Å². The van der Waals surface area contributed by atoms with Crippen LogP contribution in [0.25, 0.3) is 0 Å². The zero-order chi connectivity index (χ0) is 30.5. The minimum atomic E-state index is -0.723. The highest BCUT2D eigenvalue weighted by Gasteiger charge is 2.35. The Morgan fingerprint density at radius 3 is 1.34 bits per heavy atom. The molecule has 0 bridgehead atoms. The van der Waals surface area contributed by atoms with Crippen LogP contribution < -0.4 is 21.3 Å². The molecule has 0 aromatic carbocycles. The molecule has 10 nitrogen and oxygen atoms in total. The molecule has 4 N–H and O–H groups in total. The van der Waals surface area contributed by atoms with Crippen molar-refractivity contribution in [2.75, 3.05) is 24.0 Å².